The van der Waals surface area contributed by atoms with Crippen molar-refractivity contribution in [2.45, 2.75) is 26.4 Å². The number of rotatable bonds is 6. The van der Waals surface area contributed by atoms with Crippen molar-refractivity contribution in [3.63, 3.8) is 0 Å². The fraction of sp³-hybridized carbons (Fsp3) is 0.211. The number of halogens is 1. The largest absolute Gasteiger partial charge is 0.487 e. The van der Waals surface area contributed by atoms with Crippen LogP contribution in [-0.4, -0.2) is 4.92 Å². The van der Waals surface area contributed by atoms with E-state index in [-0.39, 0.29) is 12.3 Å². The molecule has 0 saturated heterocycles. The van der Waals surface area contributed by atoms with E-state index in [0.29, 0.717) is 16.4 Å². The van der Waals surface area contributed by atoms with Crippen molar-refractivity contribution in [1.29, 1.82) is 0 Å². The molecule has 0 aliphatic heterocycles. The van der Waals surface area contributed by atoms with Crippen molar-refractivity contribution in [3.8, 4) is 5.75 Å². The summed E-state index contributed by atoms with van der Waals surface area (Å²) in [5.41, 5.74) is 1.67. The molecule has 0 atom stereocenters. The van der Waals surface area contributed by atoms with Crippen LogP contribution in [0.15, 0.2) is 51.7 Å². The van der Waals surface area contributed by atoms with E-state index in [1.807, 2.05) is 6.92 Å². The lowest BCUT2D eigenvalue weighted by Crippen LogP contribution is -2.02. The van der Waals surface area contributed by atoms with Gasteiger partial charge in [0.25, 0.3) is 5.69 Å². The Hall–Kier alpha value is -2.86. The average Bonchev–Trinajstić information content (AvgIpc) is 2.61. The molecule has 0 aliphatic rings. The number of hydrogen-bond acceptors (Lipinski definition) is 5. The standard InChI is InChI=1S/C19H16ClNO5/c1-2-3-13-8-19(22)26-17-10-18(16(20)9-15(13)17)25-11-12-4-6-14(7-5-12)21(23)24/h4-10H,2-3,11H2,1H3. The van der Waals surface area contributed by atoms with E-state index in [9.17, 15) is 14.9 Å². The molecule has 1 heterocycles. The third-order valence-electron chi connectivity index (χ3n) is 3.94. The maximum absolute atomic E-state index is 11.7. The number of aryl methyl sites for hydroxylation is 1. The lowest BCUT2D eigenvalue weighted by molar-refractivity contribution is -0.384. The van der Waals surface area contributed by atoms with Gasteiger partial charge in [0.05, 0.1) is 9.95 Å². The van der Waals surface area contributed by atoms with Gasteiger partial charge in [0.2, 0.25) is 0 Å². The van der Waals surface area contributed by atoms with Crippen molar-refractivity contribution >= 4 is 28.3 Å². The minimum Gasteiger partial charge on any atom is -0.487 e. The summed E-state index contributed by atoms with van der Waals surface area (Å²) in [6.45, 7) is 2.21. The van der Waals surface area contributed by atoms with Crippen LogP contribution < -0.4 is 10.4 Å². The minimum absolute atomic E-state index is 0.0164. The molecule has 3 rings (SSSR count). The molecule has 0 spiro atoms. The van der Waals surface area contributed by atoms with Gasteiger partial charge in [-0.15, -0.1) is 0 Å². The predicted octanol–water partition coefficient (Wildman–Crippen LogP) is 4.89. The van der Waals surface area contributed by atoms with Gasteiger partial charge < -0.3 is 9.15 Å². The van der Waals surface area contributed by atoms with E-state index in [0.717, 1.165) is 29.4 Å². The molecule has 1 aromatic heterocycles. The molecule has 0 amide bonds. The van der Waals surface area contributed by atoms with Crippen molar-refractivity contribution in [2.24, 2.45) is 0 Å². The Bertz CT molecular complexity index is 1010. The van der Waals surface area contributed by atoms with Gasteiger partial charge in [-0.05, 0) is 35.7 Å². The molecule has 0 fully saturated rings. The van der Waals surface area contributed by atoms with E-state index >= 15 is 0 Å². The predicted molar refractivity (Wildman–Crippen MR) is 98.9 cm³/mol. The zero-order valence-corrected chi connectivity index (χ0v) is 14.8. The number of fused-ring (bicyclic) bond motifs is 1. The van der Waals surface area contributed by atoms with Gasteiger partial charge in [-0.2, -0.15) is 0 Å². The number of nitro benzene ring substituents is 1. The van der Waals surface area contributed by atoms with Crippen LogP contribution in [0.4, 0.5) is 5.69 Å². The molecule has 0 bridgehead atoms. The SMILES string of the molecule is CCCc1cc(=O)oc2cc(OCc3ccc([N+](=O)[O-])cc3)c(Cl)cc12. The lowest BCUT2D eigenvalue weighted by atomic mass is 10.1. The fourth-order valence-electron chi connectivity index (χ4n) is 2.69. The topological polar surface area (TPSA) is 82.6 Å². The highest BCUT2D eigenvalue weighted by Gasteiger charge is 2.11. The molecule has 0 saturated carbocycles. The van der Waals surface area contributed by atoms with Crippen molar-refractivity contribution in [1.82, 2.24) is 0 Å². The maximum atomic E-state index is 11.7. The summed E-state index contributed by atoms with van der Waals surface area (Å²) in [6.07, 6.45) is 1.65. The molecular weight excluding hydrogens is 358 g/mol. The third-order valence-corrected chi connectivity index (χ3v) is 4.24. The monoisotopic (exact) mass is 373 g/mol. The molecule has 2 aromatic carbocycles. The molecule has 0 aliphatic carbocycles. The van der Waals surface area contributed by atoms with Crippen LogP contribution in [0.1, 0.15) is 24.5 Å². The molecule has 6 nitrogen and oxygen atoms in total. The molecule has 0 N–H and O–H groups in total. The summed E-state index contributed by atoms with van der Waals surface area (Å²) in [7, 11) is 0. The maximum Gasteiger partial charge on any atom is 0.336 e. The van der Waals surface area contributed by atoms with E-state index in [4.69, 9.17) is 20.8 Å². The number of nitro groups is 1. The summed E-state index contributed by atoms with van der Waals surface area (Å²) in [5, 5.41) is 11.9. The lowest BCUT2D eigenvalue weighted by Gasteiger charge is -2.11. The molecule has 0 unspecified atom stereocenters. The van der Waals surface area contributed by atoms with Crippen LogP contribution in [0.2, 0.25) is 5.02 Å². The summed E-state index contributed by atoms with van der Waals surface area (Å²) < 4.78 is 11.0. The smallest absolute Gasteiger partial charge is 0.336 e. The van der Waals surface area contributed by atoms with E-state index in [1.54, 1.807) is 24.3 Å². The second-order valence-corrected chi connectivity index (χ2v) is 6.24. The summed E-state index contributed by atoms with van der Waals surface area (Å²) in [6, 6.07) is 10.9. The van der Waals surface area contributed by atoms with Gasteiger partial charge in [-0.1, -0.05) is 24.9 Å². The quantitative estimate of drug-likeness (QED) is 0.349. The zero-order valence-electron chi connectivity index (χ0n) is 14.0. The first-order chi connectivity index (χ1) is 12.5. The Morgan fingerprint density at radius 2 is 1.92 bits per heavy atom. The Balaban J connectivity index is 1.87. The van der Waals surface area contributed by atoms with Crippen LogP contribution in [0.3, 0.4) is 0 Å². The van der Waals surface area contributed by atoms with Gasteiger partial charge >= 0.3 is 5.63 Å². The summed E-state index contributed by atoms with van der Waals surface area (Å²) in [5.74, 6) is 0.384. The normalized spacial score (nSPS) is 10.8. The van der Waals surface area contributed by atoms with Crippen LogP contribution in [-0.2, 0) is 13.0 Å². The number of benzene rings is 2. The average molecular weight is 374 g/mol. The molecular formula is C19H16ClNO5. The number of ether oxygens (including phenoxy) is 1. The van der Waals surface area contributed by atoms with Gasteiger partial charge in [0, 0.05) is 29.7 Å². The Kier molecular flexibility index (Phi) is 5.23. The Morgan fingerprint density at radius 3 is 2.58 bits per heavy atom. The summed E-state index contributed by atoms with van der Waals surface area (Å²) >= 11 is 6.31. The first kappa shape index (κ1) is 17.9. The highest BCUT2D eigenvalue weighted by Crippen LogP contribution is 2.32. The number of hydrogen-bond donors (Lipinski definition) is 0. The van der Waals surface area contributed by atoms with Crippen LogP contribution in [0.25, 0.3) is 11.0 Å². The van der Waals surface area contributed by atoms with Crippen LogP contribution in [0, 0.1) is 10.1 Å². The van der Waals surface area contributed by atoms with Crippen LogP contribution in [0.5, 0.6) is 5.75 Å². The first-order valence-electron chi connectivity index (χ1n) is 8.10. The van der Waals surface area contributed by atoms with Gasteiger partial charge in [-0.25, -0.2) is 4.79 Å². The number of nitrogens with zero attached hydrogens (tertiary/aromatic N) is 1. The highest BCUT2D eigenvalue weighted by atomic mass is 35.5. The Labute approximate surface area is 154 Å². The van der Waals surface area contributed by atoms with E-state index in [2.05, 4.69) is 0 Å². The molecule has 26 heavy (non-hydrogen) atoms. The fourth-order valence-corrected chi connectivity index (χ4v) is 2.91. The first-order valence-corrected chi connectivity index (χ1v) is 8.48. The number of non-ortho nitro benzene ring substituents is 1. The van der Waals surface area contributed by atoms with Gasteiger partial charge in [-0.3, -0.25) is 10.1 Å². The van der Waals surface area contributed by atoms with E-state index < -0.39 is 10.5 Å². The Morgan fingerprint density at radius 1 is 1.19 bits per heavy atom. The molecule has 3 aromatic rings. The van der Waals surface area contributed by atoms with Gasteiger partial charge in [0.1, 0.15) is 17.9 Å². The molecule has 0 radical (unpaired) electrons. The summed E-state index contributed by atoms with van der Waals surface area (Å²) in [4.78, 5) is 22.0. The zero-order chi connectivity index (χ0) is 18.7. The molecule has 134 valence electrons. The highest BCUT2D eigenvalue weighted by molar-refractivity contribution is 6.32. The van der Waals surface area contributed by atoms with Crippen molar-refractivity contribution < 1.29 is 14.1 Å². The van der Waals surface area contributed by atoms with E-state index in [1.165, 1.54) is 18.2 Å². The molecule has 7 heteroatoms. The van der Waals surface area contributed by atoms with Gasteiger partial charge in [0.15, 0.2) is 0 Å². The van der Waals surface area contributed by atoms with Crippen molar-refractivity contribution in [2.75, 3.05) is 0 Å². The van der Waals surface area contributed by atoms with Crippen LogP contribution >= 0.6 is 11.6 Å². The third kappa shape index (κ3) is 3.86. The minimum atomic E-state index is -0.458. The second-order valence-electron chi connectivity index (χ2n) is 5.83. The van der Waals surface area contributed by atoms with Crippen molar-refractivity contribution in [3.05, 3.63) is 79.1 Å². The second kappa shape index (κ2) is 7.58.